The standard InChI is InChI=1S/C21H23FO4/c1-24-19-7-6-17(22)13-18(19)16-5-3-4-15(12-16)14-21(20(23)25-2)8-10-26-11-9-21/h3-7,12-13H,8-11,14H2,1-2H3. The van der Waals surface area contributed by atoms with E-state index in [9.17, 15) is 9.18 Å². The first-order valence-corrected chi connectivity index (χ1v) is 8.67. The van der Waals surface area contributed by atoms with Gasteiger partial charge in [-0.25, -0.2) is 4.39 Å². The van der Waals surface area contributed by atoms with Crippen LogP contribution in [-0.4, -0.2) is 33.4 Å². The second-order valence-electron chi connectivity index (χ2n) is 6.61. The zero-order chi connectivity index (χ0) is 18.6. The smallest absolute Gasteiger partial charge is 0.312 e. The van der Waals surface area contributed by atoms with Crippen LogP contribution in [0.3, 0.4) is 0 Å². The quantitative estimate of drug-likeness (QED) is 0.758. The van der Waals surface area contributed by atoms with Crippen LogP contribution in [0.1, 0.15) is 18.4 Å². The van der Waals surface area contributed by atoms with Crippen molar-refractivity contribution in [1.29, 1.82) is 0 Å². The van der Waals surface area contributed by atoms with E-state index in [-0.39, 0.29) is 11.8 Å². The number of esters is 1. The molecule has 2 aromatic carbocycles. The molecule has 2 aromatic rings. The number of rotatable bonds is 5. The van der Waals surface area contributed by atoms with E-state index in [1.807, 2.05) is 24.3 Å². The summed E-state index contributed by atoms with van der Waals surface area (Å²) >= 11 is 0. The number of ether oxygens (including phenoxy) is 3. The van der Waals surface area contributed by atoms with Crippen molar-refractivity contribution in [3.8, 4) is 16.9 Å². The lowest BCUT2D eigenvalue weighted by atomic mass is 9.75. The molecule has 138 valence electrons. The fourth-order valence-electron chi connectivity index (χ4n) is 3.58. The van der Waals surface area contributed by atoms with Crippen LogP contribution in [0, 0.1) is 11.2 Å². The van der Waals surface area contributed by atoms with Crippen molar-refractivity contribution < 1.29 is 23.4 Å². The van der Waals surface area contributed by atoms with Crippen LogP contribution in [0.5, 0.6) is 5.75 Å². The summed E-state index contributed by atoms with van der Waals surface area (Å²) in [5.41, 5.74) is 1.97. The fourth-order valence-corrected chi connectivity index (χ4v) is 3.58. The number of methoxy groups -OCH3 is 2. The van der Waals surface area contributed by atoms with Gasteiger partial charge < -0.3 is 14.2 Å². The van der Waals surface area contributed by atoms with Gasteiger partial charge in [-0.15, -0.1) is 0 Å². The fraction of sp³-hybridized carbons (Fsp3) is 0.381. The summed E-state index contributed by atoms with van der Waals surface area (Å²) in [5.74, 6) is 0.0912. The maximum absolute atomic E-state index is 13.7. The molecule has 4 nitrogen and oxygen atoms in total. The lowest BCUT2D eigenvalue weighted by Crippen LogP contribution is -2.40. The van der Waals surface area contributed by atoms with E-state index in [4.69, 9.17) is 14.2 Å². The summed E-state index contributed by atoms with van der Waals surface area (Å²) in [7, 11) is 2.99. The van der Waals surface area contributed by atoms with Gasteiger partial charge in [-0.3, -0.25) is 4.79 Å². The van der Waals surface area contributed by atoms with Crippen LogP contribution in [0.15, 0.2) is 42.5 Å². The van der Waals surface area contributed by atoms with Gasteiger partial charge in [0.15, 0.2) is 0 Å². The Morgan fingerprint density at radius 2 is 1.92 bits per heavy atom. The van der Waals surface area contributed by atoms with Crippen LogP contribution in [0.25, 0.3) is 11.1 Å². The predicted octanol–water partition coefficient (Wildman–Crippen LogP) is 4.01. The first-order chi connectivity index (χ1) is 12.6. The van der Waals surface area contributed by atoms with E-state index in [1.54, 1.807) is 13.2 Å². The van der Waals surface area contributed by atoms with Crippen molar-refractivity contribution in [2.75, 3.05) is 27.4 Å². The van der Waals surface area contributed by atoms with Gasteiger partial charge in [-0.1, -0.05) is 24.3 Å². The second kappa shape index (κ2) is 7.87. The highest BCUT2D eigenvalue weighted by atomic mass is 19.1. The minimum Gasteiger partial charge on any atom is -0.496 e. The molecule has 0 unspecified atom stereocenters. The van der Waals surface area contributed by atoms with Crippen molar-refractivity contribution in [2.24, 2.45) is 5.41 Å². The molecule has 1 saturated heterocycles. The summed E-state index contributed by atoms with van der Waals surface area (Å²) in [4.78, 5) is 12.4. The molecular formula is C21H23FO4. The summed E-state index contributed by atoms with van der Waals surface area (Å²) in [5, 5.41) is 0. The Labute approximate surface area is 152 Å². The molecule has 0 aromatic heterocycles. The minimum atomic E-state index is -0.572. The van der Waals surface area contributed by atoms with Gasteiger partial charge in [0.1, 0.15) is 11.6 Å². The molecule has 0 amide bonds. The normalized spacial score (nSPS) is 16.1. The molecule has 0 atom stereocenters. The van der Waals surface area contributed by atoms with Crippen LogP contribution >= 0.6 is 0 Å². The second-order valence-corrected chi connectivity index (χ2v) is 6.61. The van der Waals surface area contributed by atoms with E-state index >= 15 is 0 Å². The van der Waals surface area contributed by atoms with Gasteiger partial charge in [-0.2, -0.15) is 0 Å². The van der Waals surface area contributed by atoms with Gasteiger partial charge in [-0.05, 0) is 48.6 Å². The Morgan fingerprint density at radius 1 is 1.15 bits per heavy atom. The molecule has 3 rings (SSSR count). The SMILES string of the molecule is COC(=O)C1(Cc2cccc(-c3cc(F)ccc3OC)c2)CCOCC1. The number of hydrogen-bond donors (Lipinski definition) is 0. The average Bonchev–Trinajstić information content (AvgIpc) is 2.68. The lowest BCUT2D eigenvalue weighted by Gasteiger charge is -2.34. The van der Waals surface area contributed by atoms with E-state index < -0.39 is 5.41 Å². The Bertz CT molecular complexity index is 781. The molecule has 0 aliphatic carbocycles. The maximum atomic E-state index is 13.7. The zero-order valence-corrected chi connectivity index (χ0v) is 15.1. The summed E-state index contributed by atoms with van der Waals surface area (Å²) in [6.45, 7) is 1.10. The highest BCUT2D eigenvalue weighted by Crippen LogP contribution is 2.37. The van der Waals surface area contributed by atoms with Gasteiger partial charge in [0, 0.05) is 18.8 Å². The molecule has 5 heteroatoms. The number of hydrogen-bond acceptors (Lipinski definition) is 4. The van der Waals surface area contributed by atoms with Gasteiger partial charge in [0.05, 0.1) is 19.6 Å². The van der Waals surface area contributed by atoms with Crippen molar-refractivity contribution in [3.63, 3.8) is 0 Å². The third-order valence-corrected chi connectivity index (χ3v) is 5.01. The molecular weight excluding hydrogens is 335 g/mol. The van der Waals surface area contributed by atoms with E-state index in [1.165, 1.54) is 19.2 Å². The Kier molecular flexibility index (Phi) is 5.57. The van der Waals surface area contributed by atoms with Crippen molar-refractivity contribution in [2.45, 2.75) is 19.3 Å². The third-order valence-electron chi connectivity index (χ3n) is 5.01. The average molecular weight is 358 g/mol. The highest BCUT2D eigenvalue weighted by Gasteiger charge is 2.41. The van der Waals surface area contributed by atoms with E-state index in [2.05, 4.69) is 0 Å². The Morgan fingerprint density at radius 3 is 2.62 bits per heavy atom. The van der Waals surface area contributed by atoms with Crippen molar-refractivity contribution in [1.82, 2.24) is 0 Å². The van der Waals surface area contributed by atoms with E-state index in [0.29, 0.717) is 43.8 Å². The number of benzene rings is 2. The Balaban J connectivity index is 1.94. The molecule has 0 bridgehead atoms. The molecule has 0 spiro atoms. The molecule has 1 heterocycles. The van der Waals surface area contributed by atoms with Crippen LogP contribution in [0.2, 0.25) is 0 Å². The Hall–Kier alpha value is -2.40. The molecule has 1 aliphatic rings. The number of carbonyl (C=O) groups is 1. The molecule has 0 saturated carbocycles. The van der Waals surface area contributed by atoms with Crippen LogP contribution in [0.4, 0.5) is 4.39 Å². The summed E-state index contributed by atoms with van der Waals surface area (Å²) in [6.07, 6.45) is 1.83. The maximum Gasteiger partial charge on any atom is 0.312 e. The van der Waals surface area contributed by atoms with E-state index in [0.717, 1.165) is 11.1 Å². The van der Waals surface area contributed by atoms with Crippen LogP contribution < -0.4 is 4.74 Å². The number of carbonyl (C=O) groups excluding carboxylic acids is 1. The molecule has 1 fully saturated rings. The molecule has 1 aliphatic heterocycles. The van der Waals surface area contributed by atoms with Gasteiger partial charge >= 0.3 is 5.97 Å². The predicted molar refractivity (Wildman–Crippen MR) is 96.6 cm³/mol. The summed E-state index contributed by atoms with van der Waals surface area (Å²) < 4.78 is 29.6. The van der Waals surface area contributed by atoms with Crippen molar-refractivity contribution >= 4 is 5.97 Å². The minimum absolute atomic E-state index is 0.200. The molecule has 0 N–H and O–H groups in total. The summed E-state index contributed by atoms with van der Waals surface area (Å²) in [6, 6.07) is 12.2. The monoisotopic (exact) mass is 358 g/mol. The van der Waals surface area contributed by atoms with Crippen molar-refractivity contribution in [3.05, 3.63) is 53.8 Å². The van der Waals surface area contributed by atoms with Gasteiger partial charge in [0.25, 0.3) is 0 Å². The largest absolute Gasteiger partial charge is 0.496 e. The molecule has 0 radical (unpaired) electrons. The number of halogens is 1. The van der Waals surface area contributed by atoms with Gasteiger partial charge in [0.2, 0.25) is 0 Å². The van der Waals surface area contributed by atoms with Crippen LogP contribution in [-0.2, 0) is 20.7 Å². The highest BCUT2D eigenvalue weighted by molar-refractivity contribution is 5.77. The topological polar surface area (TPSA) is 44.8 Å². The lowest BCUT2D eigenvalue weighted by molar-refractivity contribution is -0.158. The first-order valence-electron chi connectivity index (χ1n) is 8.67. The molecule has 26 heavy (non-hydrogen) atoms. The first kappa shape index (κ1) is 18.4. The zero-order valence-electron chi connectivity index (χ0n) is 15.1. The third kappa shape index (κ3) is 3.73.